The molecular formula is C24H25ClF3N9O2. The largest absolute Gasteiger partial charge is 0.433 e. The Kier molecular flexibility index (Phi) is 8.06. The van der Waals surface area contributed by atoms with Crippen LogP contribution in [-0.4, -0.2) is 74.5 Å². The SMILES string of the molecule is C[C@@H](NC(=O)c1ccc(Nc2nccn3c(-c4cn[nH]c4C(F)(F)F)cnc23)cc1Cl)C(=O)NCCN(C)C. The summed E-state index contributed by atoms with van der Waals surface area (Å²) in [4.78, 5) is 35.3. The predicted molar refractivity (Wildman–Crippen MR) is 139 cm³/mol. The topological polar surface area (TPSA) is 132 Å². The van der Waals surface area contributed by atoms with Crippen LogP contribution in [0.15, 0.2) is 43.0 Å². The summed E-state index contributed by atoms with van der Waals surface area (Å²) < 4.78 is 41.5. The highest BCUT2D eigenvalue weighted by Gasteiger charge is 2.36. The van der Waals surface area contributed by atoms with Crippen LogP contribution < -0.4 is 16.0 Å². The second kappa shape index (κ2) is 11.3. The fraction of sp³-hybridized carbons (Fsp3) is 0.292. The molecule has 3 heterocycles. The Morgan fingerprint density at radius 3 is 2.67 bits per heavy atom. The van der Waals surface area contributed by atoms with Gasteiger partial charge in [0.1, 0.15) is 11.7 Å². The van der Waals surface area contributed by atoms with Crippen LogP contribution in [0.5, 0.6) is 0 Å². The number of hydrogen-bond acceptors (Lipinski definition) is 7. The number of H-pyrrole nitrogens is 1. The summed E-state index contributed by atoms with van der Waals surface area (Å²) in [5, 5.41) is 14.0. The number of carbonyl (C=O) groups excluding carboxylic acids is 2. The van der Waals surface area contributed by atoms with Crippen LogP contribution in [0.2, 0.25) is 5.02 Å². The van der Waals surface area contributed by atoms with Crippen LogP contribution in [0, 0.1) is 0 Å². The zero-order chi connectivity index (χ0) is 28.3. The molecule has 1 atom stereocenters. The van der Waals surface area contributed by atoms with Gasteiger partial charge in [-0.15, -0.1) is 0 Å². The minimum absolute atomic E-state index is 0.113. The van der Waals surface area contributed by atoms with Gasteiger partial charge in [0.05, 0.1) is 34.2 Å². The summed E-state index contributed by atoms with van der Waals surface area (Å²) in [6.45, 7) is 2.67. The van der Waals surface area contributed by atoms with Gasteiger partial charge in [-0.3, -0.25) is 19.1 Å². The second-order valence-corrected chi connectivity index (χ2v) is 9.29. The molecule has 1 aromatic carbocycles. The number of nitrogens with one attached hydrogen (secondary N) is 4. The minimum atomic E-state index is -4.62. The van der Waals surface area contributed by atoms with E-state index in [1.165, 1.54) is 35.1 Å². The number of hydrogen-bond donors (Lipinski definition) is 4. The van der Waals surface area contributed by atoms with Gasteiger partial charge in [0.25, 0.3) is 5.91 Å². The monoisotopic (exact) mass is 563 g/mol. The van der Waals surface area contributed by atoms with Gasteiger partial charge in [-0.1, -0.05) is 11.6 Å². The number of fused-ring (bicyclic) bond motifs is 1. The molecule has 0 aliphatic rings. The van der Waals surface area contributed by atoms with Gasteiger partial charge in [-0.2, -0.15) is 18.3 Å². The van der Waals surface area contributed by atoms with Crippen molar-refractivity contribution in [1.82, 2.24) is 40.1 Å². The lowest BCUT2D eigenvalue weighted by molar-refractivity contribution is -0.140. The zero-order valence-corrected chi connectivity index (χ0v) is 21.9. The molecule has 4 rings (SSSR count). The molecule has 0 saturated carbocycles. The highest BCUT2D eigenvalue weighted by Crippen LogP contribution is 2.36. The lowest BCUT2D eigenvalue weighted by Gasteiger charge is -2.16. The Balaban J connectivity index is 1.49. The fourth-order valence-corrected chi connectivity index (χ4v) is 3.98. The zero-order valence-electron chi connectivity index (χ0n) is 21.1. The van der Waals surface area contributed by atoms with Crippen LogP contribution in [0.25, 0.3) is 16.9 Å². The highest BCUT2D eigenvalue weighted by molar-refractivity contribution is 6.34. The maximum atomic E-state index is 13.4. The lowest BCUT2D eigenvalue weighted by atomic mass is 10.1. The molecule has 0 fully saturated rings. The number of halogens is 4. The highest BCUT2D eigenvalue weighted by atomic mass is 35.5. The molecular weight excluding hydrogens is 539 g/mol. The molecule has 0 aliphatic carbocycles. The third-order valence-corrected chi connectivity index (χ3v) is 6.02. The molecule has 0 radical (unpaired) electrons. The van der Waals surface area contributed by atoms with E-state index in [4.69, 9.17) is 11.6 Å². The molecule has 15 heteroatoms. The summed E-state index contributed by atoms with van der Waals surface area (Å²) in [5.74, 6) is -0.603. The van der Waals surface area contributed by atoms with Crippen molar-refractivity contribution in [3.05, 3.63) is 59.3 Å². The maximum Gasteiger partial charge on any atom is 0.433 e. The summed E-state index contributed by atoms with van der Waals surface area (Å²) in [6, 6.07) is 3.77. The van der Waals surface area contributed by atoms with Crippen molar-refractivity contribution >= 4 is 40.6 Å². The van der Waals surface area contributed by atoms with E-state index in [2.05, 4.69) is 31.0 Å². The molecule has 4 aromatic rings. The van der Waals surface area contributed by atoms with Crippen molar-refractivity contribution < 1.29 is 22.8 Å². The van der Waals surface area contributed by atoms with E-state index in [1.54, 1.807) is 13.0 Å². The lowest BCUT2D eigenvalue weighted by Crippen LogP contribution is -2.46. The van der Waals surface area contributed by atoms with Crippen molar-refractivity contribution in [3.63, 3.8) is 0 Å². The predicted octanol–water partition coefficient (Wildman–Crippen LogP) is 3.33. The van der Waals surface area contributed by atoms with Gasteiger partial charge in [0.2, 0.25) is 5.91 Å². The number of aromatic amines is 1. The number of imidazole rings is 1. The number of amides is 2. The third-order valence-electron chi connectivity index (χ3n) is 5.70. The smallest absolute Gasteiger partial charge is 0.353 e. The van der Waals surface area contributed by atoms with Gasteiger partial charge >= 0.3 is 6.18 Å². The Morgan fingerprint density at radius 1 is 1.21 bits per heavy atom. The molecule has 0 unspecified atom stereocenters. The van der Waals surface area contributed by atoms with Gasteiger partial charge in [0, 0.05) is 31.2 Å². The van der Waals surface area contributed by atoms with E-state index in [0.717, 1.165) is 6.20 Å². The van der Waals surface area contributed by atoms with Crippen LogP contribution in [0.1, 0.15) is 23.0 Å². The van der Waals surface area contributed by atoms with Crippen LogP contribution in [0.3, 0.4) is 0 Å². The molecule has 0 aliphatic heterocycles. The molecule has 3 aromatic heterocycles. The van der Waals surface area contributed by atoms with E-state index in [9.17, 15) is 22.8 Å². The second-order valence-electron chi connectivity index (χ2n) is 8.88. The van der Waals surface area contributed by atoms with Gasteiger partial charge < -0.3 is 20.9 Å². The Hall–Kier alpha value is -4.17. The van der Waals surface area contributed by atoms with Crippen molar-refractivity contribution in [2.24, 2.45) is 0 Å². The van der Waals surface area contributed by atoms with E-state index < -0.39 is 23.8 Å². The van der Waals surface area contributed by atoms with Crippen molar-refractivity contribution in [2.75, 3.05) is 32.5 Å². The van der Waals surface area contributed by atoms with E-state index >= 15 is 0 Å². The maximum absolute atomic E-state index is 13.4. The molecule has 206 valence electrons. The Morgan fingerprint density at radius 2 is 1.97 bits per heavy atom. The quantitative estimate of drug-likeness (QED) is 0.245. The first-order valence-electron chi connectivity index (χ1n) is 11.7. The number of aromatic nitrogens is 5. The van der Waals surface area contributed by atoms with Crippen LogP contribution >= 0.6 is 11.6 Å². The van der Waals surface area contributed by atoms with Gasteiger partial charge in [0.15, 0.2) is 11.5 Å². The van der Waals surface area contributed by atoms with E-state index in [-0.39, 0.29) is 39.2 Å². The van der Waals surface area contributed by atoms with Crippen molar-refractivity contribution in [2.45, 2.75) is 19.1 Å². The van der Waals surface area contributed by atoms with Gasteiger partial charge in [-0.25, -0.2) is 9.97 Å². The summed E-state index contributed by atoms with van der Waals surface area (Å²) in [5.41, 5.74) is -0.113. The van der Waals surface area contributed by atoms with Crippen molar-refractivity contribution in [1.29, 1.82) is 0 Å². The summed E-state index contributed by atoms with van der Waals surface area (Å²) >= 11 is 6.36. The standard InChI is InChI=1S/C24H25ClF3N9O2/c1-13(22(38)30-6-8-36(2)3)33-23(39)15-5-4-14(10-17(15)25)34-20-21-31-12-18(37(21)9-7-29-20)16-11-32-35-19(16)24(26,27)28/h4-5,7,9-13H,6,8H2,1-3H3,(H,29,34)(H,30,38)(H,32,35)(H,33,39)/t13-/m1/s1. The van der Waals surface area contributed by atoms with Crippen molar-refractivity contribution in [3.8, 4) is 11.3 Å². The summed E-state index contributed by atoms with van der Waals surface area (Å²) in [7, 11) is 3.77. The first-order chi connectivity index (χ1) is 18.5. The number of likely N-dealkylation sites (N-methyl/N-ethyl adjacent to an activating group) is 1. The molecule has 11 nitrogen and oxygen atoms in total. The number of anilines is 2. The Labute approximate surface area is 225 Å². The number of benzene rings is 1. The van der Waals surface area contributed by atoms with E-state index in [0.29, 0.717) is 18.8 Å². The van der Waals surface area contributed by atoms with Gasteiger partial charge in [-0.05, 0) is 39.2 Å². The number of rotatable bonds is 9. The normalized spacial score (nSPS) is 12.5. The number of nitrogens with zero attached hydrogens (tertiary/aromatic N) is 5. The average molecular weight is 564 g/mol. The molecule has 39 heavy (non-hydrogen) atoms. The first kappa shape index (κ1) is 27.9. The number of carbonyl (C=O) groups is 2. The minimum Gasteiger partial charge on any atom is -0.353 e. The van der Waals surface area contributed by atoms with E-state index in [1.807, 2.05) is 24.1 Å². The van der Waals surface area contributed by atoms with Crippen LogP contribution in [0.4, 0.5) is 24.7 Å². The first-order valence-corrected chi connectivity index (χ1v) is 12.1. The molecule has 0 saturated heterocycles. The van der Waals surface area contributed by atoms with Crippen LogP contribution in [-0.2, 0) is 11.0 Å². The average Bonchev–Trinajstić information content (AvgIpc) is 3.51. The molecule has 4 N–H and O–H groups in total. The number of alkyl halides is 3. The fourth-order valence-electron chi connectivity index (χ4n) is 3.71. The molecule has 0 spiro atoms. The molecule has 0 bridgehead atoms. The third kappa shape index (κ3) is 6.29. The summed E-state index contributed by atoms with van der Waals surface area (Å²) in [6.07, 6.45) is 0.636. The Bertz CT molecular complexity index is 1500. The molecule has 2 amide bonds.